The van der Waals surface area contributed by atoms with Crippen LogP contribution in [0, 0.1) is 0 Å². The Morgan fingerprint density at radius 1 is 1.32 bits per heavy atom. The number of hydrogen-bond donors (Lipinski definition) is 2. The fourth-order valence-electron chi connectivity index (χ4n) is 2.93. The topological polar surface area (TPSA) is 76.7 Å². The molecule has 1 spiro atoms. The van der Waals surface area contributed by atoms with Crippen LogP contribution >= 0.6 is 0 Å². The summed E-state index contributed by atoms with van der Waals surface area (Å²) < 4.78 is 38.7. The Morgan fingerprint density at radius 2 is 2.14 bits per heavy atom. The van der Waals surface area contributed by atoms with Gasteiger partial charge in [0.15, 0.2) is 0 Å². The van der Waals surface area contributed by atoms with Gasteiger partial charge in [-0.25, -0.2) is 13.1 Å². The van der Waals surface area contributed by atoms with Crippen molar-refractivity contribution in [1.29, 1.82) is 0 Å². The molecule has 0 aromatic heterocycles. The van der Waals surface area contributed by atoms with Crippen molar-refractivity contribution < 1.29 is 17.9 Å². The van der Waals surface area contributed by atoms with Crippen molar-refractivity contribution >= 4 is 10.0 Å². The molecule has 0 aliphatic carbocycles. The van der Waals surface area contributed by atoms with E-state index in [1.165, 1.54) is 0 Å². The van der Waals surface area contributed by atoms with Gasteiger partial charge < -0.3 is 14.8 Å². The first-order valence-corrected chi connectivity index (χ1v) is 9.09. The minimum atomic E-state index is -3.47. The highest BCUT2D eigenvalue weighted by atomic mass is 32.2. The maximum Gasteiger partial charge on any atom is 0.240 e. The highest BCUT2D eigenvalue weighted by molar-refractivity contribution is 7.89. The van der Waals surface area contributed by atoms with Crippen LogP contribution in [0.4, 0.5) is 0 Å². The quantitative estimate of drug-likeness (QED) is 0.843. The van der Waals surface area contributed by atoms with E-state index in [1.54, 1.807) is 30.3 Å². The van der Waals surface area contributed by atoms with Gasteiger partial charge in [-0.1, -0.05) is 18.2 Å². The molecule has 3 rings (SSSR count). The number of hydrogen-bond acceptors (Lipinski definition) is 5. The van der Waals surface area contributed by atoms with Gasteiger partial charge in [0, 0.05) is 19.6 Å². The van der Waals surface area contributed by atoms with Crippen LogP contribution in [-0.2, 0) is 19.5 Å². The van der Waals surface area contributed by atoms with Crippen LogP contribution < -0.4 is 10.0 Å². The maximum absolute atomic E-state index is 12.2. The van der Waals surface area contributed by atoms with E-state index < -0.39 is 10.0 Å². The van der Waals surface area contributed by atoms with Crippen molar-refractivity contribution in [3.63, 3.8) is 0 Å². The highest BCUT2D eigenvalue weighted by Crippen LogP contribution is 2.31. The smallest absolute Gasteiger partial charge is 0.240 e. The summed E-state index contributed by atoms with van der Waals surface area (Å²) in [4.78, 5) is 0.280. The average molecular weight is 326 g/mol. The minimum absolute atomic E-state index is 0.109. The van der Waals surface area contributed by atoms with Crippen LogP contribution in [0.25, 0.3) is 0 Å². The molecule has 2 heterocycles. The van der Waals surface area contributed by atoms with Gasteiger partial charge in [-0.05, 0) is 25.0 Å². The van der Waals surface area contributed by atoms with E-state index in [-0.39, 0.29) is 16.6 Å². The molecule has 2 atom stereocenters. The van der Waals surface area contributed by atoms with Crippen LogP contribution in [0.3, 0.4) is 0 Å². The molecule has 6 nitrogen and oxygen atoms in total. The minimum Gasteiger partial charge on any atom is -0.377 e. The summed E-state index contributed by atoms with van der Waals surface area (Å²) in [6.07, 6.45) is 1.61. The Bertz CT molecular complexity index is 583. The summed E-state index contributed by atoms with van der Waals surface area (Å²) in [6.45, 7) is 3.14. The van der Waals surface area contributed by atoms with Crippen LogP contribution in [-0.4, -0.2) is 53.0 Å². The van der Waals surface area contributed by atoms with Crippen molar-refractivity contribution in [1.82, 2.24) is 10.0 Å². The molecular formula is C15H22N2O4S. The van der Waals surface area contributed by atoms with Crippen LogP contribution in [0.15, 0.2) is 35.2 Å². The third kappa shape index (κ3) is 3.67. The zero-order valence-electron chi connectivity index (χ0n) is 12.5. The van der Waals surface area contributed by atoms with Crippen LogP contribution in [0.1, 0.15) is 12.8 Å². The highest BCUT2D eigenvalue weighted by Gasteiger charge is 2.41. The summed E-state index contributed by atoms with van der Waals surface area (Å²) in [5.74, 6) is 0. The predicted octanol–water partition coefficient (Wildman–Crippen LogP) is 0.502. The van der Waals surface area contributed by atoms with E-state index >= 15 is 0 Å². The van der Waals surface area contributed by atoms with Gasteiger partial charge in [0.1, 0.15) is 5.60 Å². The third-order valence-corrected chi connectivity index (χ3v) is 5.57. The molecule has 22 heavy (non-hydrogen) atoms. The summed E-state index contributed by atoms with van der Waals surface area (Å²) in [5.41, 5.74) is -0.306. The molecule has 122 valence electrons. The van der Waals surface area contributed by atoms with Gasteiger partial charge in [0.25, 0.3) is 0 Å². The van der Waals surface area contributed by atoms with E-state index in [9.17, 15) is 8.42 Å². The van der Waals surface area contributed by atoms with Crippen molar-refractivity contribution in [2.24, 2.45) is 0 Å². The summed E-state index contributed by atoms with van der Waals surface area (Å²) in [7, 11) is -3.47. The lowest BCUT2D eigenvalue weighted by Gasteiger charge is -2.27. The lowest BCUT2D eigenvalue weighted by Crippen LogP contribution is -2.43. The molecule has 1 aromatic carbocycles. The number of ether oxygens (including phenoxy) is 2. The average Bonchev–Trinajstić information content (AvgIpc) is 2.78. The maximum atomic E-state index is 12.2. The first kappa shape index (κ1) is 15.9. The molecule has 0 amide bonds. The first-order chi connectivity index (χ1) is 10.6. The molecule has 2 aliphatic heterocycles. The Morgan fingerprint density at radius 3 is 2.95 bits per heavy atom. The largest absolute Gasteiger partial charge is 0.377 e. The van der Waals surface area contributed by atoms with Gasteiger partial charge in [-0.2, -0.15) is 0 Å². The number of benzene rings is 1. The normalized spacial score (nSPS) is 29.5. The molecule has 7 heteroatoms. The van der Waals surface area contributed by atoms with Gasteiger partial charge in [0.2, 0.25) is 10.0 Å². The number of sulfonamides is 1. The second-order valence-corrected chi connectivity index (χ2v) is 7.62. The Balaban J connectivity index is 1.57. The van der Waals surface area contributed by atoms with Crippen LogP contribution in [0.2, 0.25) is 0 Å². The van der Waals surface area contributed by atoms with Crippen molar-refractivity contribution in [2.45, 2.75) is 29.4 Å². The first-order valence-electron chi connectivity index (χ1n) is 7.61. The van der Waals surface area contributed by atoms with E-state index in [1.807, 2.05) is 0 Å². The zero-order valence-corrected chi connectivity index (χ0v) is 13.3. The molecule has 2 aliphatic rings. The molecule has 2 unspecified atom stereocenters. The van der Waals surface area contributed by atoms with Crippen LogP contribution in [0.5, 0.6) is 0 Å². The Labute approximate surface area is 131 Å². The molecule has 2 fully saturated rings. The third-order valence-electron chi connectivity index (χ3n) is 4.13. The fourth-order valence-corrected chi connectivity index (χ4v) is 4.02. The number of nitrogens with one attached hydrogen (secondary N) is 2. The summed E-state index contributed by atoms with van der Waals surface area (Å²) in [6, 6.07) is 8.39. The number of rotatable bonds is 4. The molecule has 2 N–H and O–H groups in total. The monoisotopic (exact) mass is 326 g/mol. The van der Waals surface area contributed by atoms with Gasteiger partial charge in [-0.3, -0.25) is 0 Å². The molecule has 2 saturated heterocycles. The Hall–Kier alpha value is -0.990. The summed E-state index contributed by atoms with van der Waals surface area (Å²) >= 11 is 0. The second-order valence-electron chi connectivity index (χ2n) is 5.86. The molecule has 0 saturated carbocycles. The zero-order chi connectivity index (χ0) is 15.5. The van der Waals surface area contributed by atoms with E-state index in [0.29, 0.717) is 19.8 Å². The van der Waals surface area contributed by atoms with Gasteiger partial charge >= 0.3 is 0 Å². The van der Waals surface area contributed by atoms with E-state index in [0.717, 1.165) is 25.9 Å². The second kappa shape index (κ2) is 6.64. The lowest BCUT2D eigenvalue weighted by atomic mass is 10.0. The molecule has 0 bridgehead atoms. The van der Waals surface area contributed by atoms with E-state index in [4.69, 9.17) is 9.47 Å². The fraction of sp³-hybridized carbons (Fsp3) is 0.600. The SMILES string of the molecule is O=S(=O)(NCC1CCC2(CNCCOC2)O1)c1ccccc1. The standard InChI is InChI=1S/C15H22N2O4S/c18-22(19,14-4-2-1-3-5-14)17-10-13-6-7-15(21-13)11-16-8-9-20-12-15/h1-5,13,16-17H,6-12H2. The van der Waals surface area contributed by atoms with Gasteiger partial charge in [0.05, 0.1) is 24.2 Å². The van der Waals surface area contributed by atoms with Gasteiger partial charge in [-0.15, -0.1) is 0 Å². The molecule has 0 radical (unpaired) electrons. The van der Waals surface area contributed by atoms with Crippen molar-refractivity contribution in [3.8, 4) is 0 Å². The lowest BCUT2D eigenvalue weighted by molar-refractivity contribution is -0.0758. The Kier molecular flexibility index (Phi) is 4.79. The van der Waals surface area contributed by atoms with E-state index in [2.05, 4.69) is 10.0 Å². The summed E-state index contributed by atoms with van der Waals surface area (Å²) in [5, 5.41) is 3.31. The molecule has 1 aromatic rings. The van der Waals surface area contributed by atoms with Crippen molar-refractivity contribution in [3.05, 3.63) is 30.3 Å². The van der Waals surface area contributed by atoms with Crippen molar-refractivity contribution in [2.75, 3.05) is 32.8 Å². The molecular weight excluding hydrogens is 304 g/mol. The predicted molar refractivity (Wildman–Crippen MR) is 82.2 cm³/mol.